The van der Waals surface area contributed by atoms with E-state index in [9.17, 15) is 18.0 Å². The van der Waals surface area contributed by atoms with Crippen LogP contribution in [0.25, 0.3) is 0 Å². The molecule has 1 fully saturated rings. The lowest BCUT2D eigenvalue weighted by Crippen LogP contribution is -2.42. The van der Waals surface area contributed by atoms with Crippen LogP contribution in [0.3, 0.4) is 0 Å². The largest absolute Gasteiger partial charge is 0.497 e. The molecule has 1 aromatic rings. The molecule has 2 rings (SSSR count). The number of methoxy groups -OCH3 is 1. The number of carbonyl (C=O) groups is 1. The van der Waals surface area contributed by atoms with Crippen LogP contribution in [0.5, 0.6) is 5.75 Å². The number of hydrogen-bond acceptors (Lipinski definition) is 2. The fourth-order valence-electron chi connectivity index (χ4n) is 2.86. The lowest BCUT2D eigenvalue weighted by atomic mass is 9.85. The molecule has 0 bridgehead atoms. The molecule has 0 saturated heterocycles. The van der Waals surface area contributed by atoms with Crippen LogP contribution in [0.2, 0.25) is 0 Å². The van der Waals surface area contributed by atoms with Gasteiger partial charge in [0.15, 0.2) is 0 Å². The number of amides is 1. The van der Waals surface area contributed by atoms with Crippen LogP contribution in [0.1, 0.15) is 31.2 Å². The first kappa shape index (κ1) is 16.6. The molecule has 1 aromatic carbocycles. The van der Waals surface area contributed by atoms with Crippen molar-refractivity contribution in [1.82, 2.24) is 5.32 Å². The lowest BCUT2D eigenvalue weighted by molar-refractivity contribution is -0.184. The molecule has 1 aliphatic carbocycles. The van der Waals surface area contributed by atoms with Gasteiger partial charge in [0.25, 0.3) is 0 Å². The van der Waals surface area contributed by atoms with E-state index in [-0.39, 0.29) is 25.2 Å². The third-order valence-electron chi connectivity index (χ3n) is 4.00. The molecular formula is C16H20F3NO2. The minimum atomic E-state index is -4.17. The van der Waals surface area contributed by atoms with E-state index in [0.29, 0.717) is 18.6 Å². The van der Waals surface area contributed by atoms with Crippen LogP contribution >= 0.6 is 0 Å². The van der Waals surface area contributed by atoms with E-state index in [1.807, 2.05) is 0 Å². The molecule has 0 spiro atoms. The first-order valence-corrected chi connectivity index (χ1v) is 7.37. The fourth-order valence-corrected chi connectivity index (χ4v) is 2.86. The summed E-state index contributed by atoms with van der Waals surface area (Å²) in [4.78, 5) is 12.0. The molecule has 3 nitrogen and oxygen atoms in total. The maximum atomic E-state index is 12.8. The number of alkyl halides is 3. The Balaban J connectivity index is 1.88. The summed E-state index contributed by atoms with van der Waals surface area (Å²) < 4.78 is 43.3. The van der Waals surface area contributed by atoms with E-state index in [0.717, 1.165) is 5.56 Å². The van der Waals surface area contributed by atoms with Crippen molar-refractivity contribution >= 4 is 5.91 Å². The maximum absolute atomic E-state index is 12.8. The van der Waals surface area contributed by atoms with Crippen LogP contribution in [-0.4, -0.2) is 25.2 Å². The summed E-state index contributed by atoms with van der Waals surface area (Å²) in [7, 11) is 1.54. The van der Waals surface area contributed by atoms with Gasteiger partial charge in [-0.25, -0.2) is 0 Å². The molecule has 6 heteroatoms. The Bertz CT molecular complexity index is 516. The third-order valence-corrected chi connectivity index (χ3v) is 4.00. The Morgan fingerprint density at radius 1 is 1.36 bits per heavy atom. The van der Waals surface area contributed by atoms with E-state index < -0.39 is 18.1 Å². The number of hydrogen-bond donors (Lipinski definition) is 1. The molecule has 1 saturated carbocycles. The zero-order valence-corrected chi connectivity index (χ0v) is 12.5. The van der Waals surface area contributed by atoms with Gasteiger partial charge in [-0.1, -0.05) is 18.6 Å². The Morgan fingerprint density at radius 2 is 2.14 bits per heavy atom. The molecule has 1 N–H and O–H groups in total. The van der Waals surface area contributed by atoms with Crippen molar-refractivity contribution in [2.24, 2.45) is 5.92 Å². The van der Waals surface area contributed by atoms with Crippen LogP contribution < -0.4 is 10.1 Å². The first-order chi connectivity index (χ1) is 10.4. The summed E-state index contributed by atoms with van der Waals surface area (Å²) >= 11 is 0. The topological polar surface area (TPSA) is 38.3 Å². The van der Waals surface area contributed by atoms with Gasteiger partial charge >= 0.3 is 6.18 Å². The minimum Gasteiger partial charge on any atom is -0.497 e. The molecule has 1 amide bonds. The highest BCUT2D eigenvalue weighted by atomic mass is 19.4. The van der Waals surface area contributed by atoms with Gasteiger partial charge in [-0.2, -0.15) is 13.2 Å². The van der Waals surface area contributed by atoms with Gasteiger partial charge in [0.05, 0.1) is 19.4 Å². The summed E-state index contributed by atoms with van der Waals surface area (Å²) in [6, 6.07) is 6.71. The zero-order chi connectivity index (χ0) is 16.2. The molecule has 0 radical (unpaired) electrons. The SMILES string of the molecule is COc1cccc(CC(=O)N[C@@H]2CCC[C@H](C(F)(F)F)C2)c1. The summed E-state index contributed by atoms with van der Waals surface area (Å²) in [5, 5.41) is 2.73. The Morgan fingerprint density at radius 3 is 2.82 bits per heavy atom. The fraction of sp³-hybridized carbons (Fsp3) is 0.562. The smallest absolute Gasteiger partial charge is 0.391 e. The van der Waals surface area contributed by atoms with Gasteiger partial charge in [0.1, 0.15) is 5.75 Å². The van der Waals surface area contributed by atoms with E-state index >= 15 is 0 Å². The first-order valence-electron chi connectivity index (χ1n) is 7.37. The van der Waals surface area contributed by atoms with Gasteiger partial charge in [0, 0.05) is 6.04 Å². The molecule has 2 atom stereocenters. The van der Waals surface area contributed by atoms with E-state index in [1.54, 1.807) is 31.4 Å². The summed E-state index contributed by atoms with van der Waals surface area (Å²) in [5.41, 5.74) is 0.778. The maximum Gasteiger partial charge on any atom is 0.391 e. The molecule has 0 unspecified atom stereocenters. The number of ether oxygens (including phenoxy) is 1. The predicted molar refractivity (Wildman–Crippen MR) is 76.6 cm³/mol. The second-order valence-corrected chi connectivity index (χ2v) is 5.70. The van der Waals surface area contributed by atoms with Crippen molar-refractivity contribution < 1.29 is 22.7 Å². The molecule has 22 heavy (non-hydrogen) atoms. The van der Waals surface area contributed by atoms with E-state index in [1.165, 1.54) is 0 Å². The molecule has 122 valence electrons. The van der Waals surface area contributed by atoms with Crippen LogP contribution in [0.4, 0.5) is 13.2 Å². The number of halogens is 3. The number of carbonyl (C=O) groups excluding carboxylic acids is 1. The molecule has 0 aliphatic heterocycles. The van der Waals surface area contributed by atoms with Crippen molar-refractivity contribution in [3.05, 3.63) is 29.8 Å². The van der Waals surface area contributed by atoms with Gasteiger partial charge < -0.3 is 10.1 Å². The summed E-state index contributed by atoms with van der Waals surface area (Å²) in [6.07, 6.45) is -2.79. The zero-order valence-electron chi connectivity index (χ0n) is 12.5. The van der Waals surface area contributed by atoms with Crippen molar-refractivity contribution in [3.8, 4) is 5.75 Å². The molecule has 0 heterocycles. The summed E-state index contributed by atoms with van der Waals surface area (Å²) in [5.74, 6) is -0.899. The highest BCUT2D eigenvalue weighted by molar-refractivity contribution is 5.79. The number of nitrogens with one attached hydrogen (secondary N) is 1. The van der Waals surface area contributed by atoms with E-state index in [2.05, 4.69) is 5.32 Å². The van der Waals surface area contributed by atoms with Crippen molar-refractivity contribution in [2.75, 3.05) is 7.11 Å². The Hall–Kier alpha value is -1.72. The molecule has 0 aromatic heterocycles. The van der Waals surface area contributed by atoms with Gasteiger partial charge in [-0.3, -0.25) is 4.79 Å². The number of rotatable bonds is 4. The van der Waals surface area contributed by atoms with Crippen LogP contribution in [0, 0.1) is 5.92 Å². The van der Waals surface area contributed by atoms with Gasteiger partial charge in [-0.15, -0.1) is 0 Å². The second kappa shape index (κ2) is 7.03. The third kappa shape index (κ3) is 4.64. The normalized spacial score (nSPS) is 22.2. The second-order valence-electron chi connectivity index (χ2n) is 5.70. The molecular weight excluding hydrogens is 295 g/mol. The monoisotopic (exact) mass is 315 g/mol. The molecule has 1 aliphatic rings. The quantitative estimate of drug-likeness (QED) is 0.924. The van der Waals surface area contributed by atoms with Crippen molar-refractivity contribution in [2.45, 2.75) is 44.3 Å². The van der Waals surface area contributed by atoms with Gasteiger partial charge in [0.2, 0.25) is 5.91 Å². The highest BCUT2D eigenvalue weighted by Crippen LogP contribution is 2.37. The van der Waals surface area contributed by atoms with Crippen molar-refractivity contribution in [1.29, 1.82) is 0 Å². The average Bonchev–Trinajstić information content (AvgIpc) is 2.46. The average molecular weight is 315 g/mol. The Labute approximate surface area is 127 Å². The predicted octanol–water partition coefficient (Wildman–Crippen LogP) is 3.48. The van der Waals surface area contributed by atoms with Gasteiger partial charge in [-0.05, 0) is 37.0 Å². The van der Waals surface area contributed by atoms with E-state index in [4.69, 9.17) is 4.74 Å². The minimum absolute atomic E-state index is 0.0205. The highest BCUT2D eigenvalue weighted by Gasteiger charge is 2.42. The Kier molecular flexibility index (Phi) is 5.32. The summed E-state index contributed by atoms with van der Waals surface area (Å²) in [6.45, 7) is 0. The van der Waals surface area contributed by atoms with Crippen LogP contribution in [0.15, 0.2) is 24.3 Å². The van der Waals surface area contributed by atoms with Crippen LogP contribution in [-0.2, 0) is 11.2 Å². The standard InChI is InChI=1S/C16H20F3NO2/c1-22-14-7-2-4-11(8-14)9-15(21)20-13-6-3-5-12(10-13)16(17,18)19/h2,4,7-8,12-13H,3,5-6,9-10H2,1H3,(H,20,21)/t12-,13+/m0/s1. The lowest BCUT2D eigenvalue weighted by Gasteiger charge is -2.31. The number of benzene rings is 1. The van der Waals surface area contributed by atoms with Crippen molar-refractivity contribution in [3.63, 3.8) is 0 Å².